The second-order valence-electron chi connectivity index (χ2n) is 9.32. The zero-order chi connectivity index (χ0) is 25.0. The third-order valence-electron chi connectivity index (χ3n) is 6.84. The Kier molecular flexibility index (Phi) is 6.44. The Labute approximate surface area is 215 Å². The van der Waals surface area contributed by atoms with E-state index in [9.17, 15) is 4.79 Å². The normalized spacial score (nSPS) is 12.9. The van der Waals surface area contributed by atoms with Gasteiger partial charge in [0.15, 0.2) is 0 Å². The van der Waals surface area contributed by atoms with Crippen LogP contribution < -0.4 is 10.6 Å². The van der Waals surface area contributed by atoms with E-state index >= 15 is 0 Å². The summed E-state index contributed by atoms with van der Waals surface area (Å²) in [4.78, 5) is 29.2. The van der Waals surface area contributed by atoms with Crippen LogP contribution >= 0.6 is 0 Å². The largest absolute Gasteiger partial charge is 0.358 e. The quantitative estimate of drug-likeness (QED) is 0.275. The third-order valence-corrected chi connectivity index (χ3v) is 6.84. The fourth-order valence-corrected chi connectivity index (χ4v) is 4.86. The molecule has 0 aliphatic carbocycles. The summed E-state index contributed by atoms with van der Waals surface area (Å²) in [5.41, 5.74) is 8.87. The minimum atomic E-state index is -0.0149. The lowest BCUT2D eigenvalue weighted by Gasteiger charge is -2.11. The van der Waals surface area contributed by atoms with Crippen LogP contribution in [0.1, 0.15) is 33.7 Å². The third kappa shape index (κ3) is 4.99. The molecular formula is C30H28N6O. The smallest absolute Gasteiger partial charge is 0.253 e. The molecule has 0 spiro atoms. The van der Waals surface area contributed by atoms with Gasteiger partial charge in [0, 0.05) is 71.7 Å². The van der Waals surface area contributed by atoms with Gasteiger partial charge in [-0.25, -0.2) is 0 Å². The number of carbonyl (C=O) groups is 1. The molecule has 0 saturated carbocycles. The molecule has 1 aromatic carbocycles. The zero-order valence-electron chi connectivity index (χ0n) is 20.5. The molecule has 37 heavy (non-hydrogen) atoms. The molecule has 0 atom stereocenters. The van der Waals surface area contributed by atoms with Crippen molar-refractivity contribution in [2.45, 2.75) is 25.8 Å². The van der Waals surface area contributed by atoms with Crippen molar-refractivity contribution in [1.29, 1.82) is 0 Å². The summed E-state index contributed by atoms with van der Waals surface area (Å²) in [7, 11) is 0. The number of aryl methyl sites for hydroxylation is 1. The van der Waals surface area contributed by atoms with Gasteiger partial charge in [0.25, 0.3) is 5.91 Å². The van der Waals surface area contributed by atoms with Crippen molar-refractivity contribution in [2.75, 3.05) is 13.1 Å². The second-order valence-corrected chi connectivity index (χ2v) is 9.32. The highest BCUT2D eigenvalue weighted by atomic mass is 16.1. The van der Waals surface area contributed by atoms with Crippen molar-refractivity contribution in [3.63, 3.8) is 0 Å². The highest BCUT2D eigenvalue weighted by Crippen LogP contribution is 2.27. The van der Waals surface area contributed by atoms with Crippen molar-refractivity contribution < 1.29 is 4.79 Å². The number of aromatic nitrogens is 4. The fourth-order valence-electron chi connectivity index (χ4n) is 4.86. The van der Waals surface area contributed by atoms with Gasteiger partial charge < -0.3 is 15.6 Å². The molecule has 1 aliphatic heterocycles. The number of nitrogens with one attached hydrogen (secondary N) is 3. The lowest BCUT2D eigenvalue weighted by Crippen LogP contribution is -2.31. The van der Waals surface area contributed by atoms with Gasteiger partial charge in [-0.2, -0.15) is 0 Å². The zero-order valence-corrected chi connectivity index (χ0v) is 20.5. The molecule has 7 heteroatoms. The van der Waals surface area contributed by atoms with Crippen molar-refractivity contribution in [3.05, 3.63) is 102 Å². The molecule has 0 bridgehead atoms. The summed E-state index contributed by atoms with van der Waals surface area (Å²) >= 11 is 0. The highest BCUT2D eigenvalue weighted by Gasteiger charge is 2.20. The second kappa shape index (κ2) is 10.3. The van der Waals surface area contributed by atoms with Crippen LogP contribution in [-0.4, -0.2) is 38.9 Å². The Balaban J connectivity index is 1.05. The summed E-state index contributed by atoms with van der Waals surface area (Å²) in [6, 6.07) is 20.4. The van der Waals surface area contributed by atoms with Gasteiger partial charge in [-0.3, -0.25) is 19.7 Å². The van der Waals surface area contributed by atoms with Gasteiger partial charge in [0.1, 0.15) is 0 Å². The summed E-state index contributed by atoms with van der Waals surface area (Å²) in [6.07, 6.45) is 8.31. The first-order chi connectivity index (χ1) is 18.2. The first kappa shape index (κ1) is 23.1. The predicted octanol–water partition coefficient (Wildman–Crippen LogP) is 4.70. The molecule has 184 valence electrons. The average Bonchev–Trinajstić information content (AvgIpc) is 3.39. The molecule has 0 saturated heterocycles. The Bertz CT molecular complexity index is 1550. The minimum absolute atomic E-state index is 0.0149. The number of hydrogen-bond acceptors (Lipinski definition) is 5. The van der Waals surface area contributed by atoms with Gasteiger partial charge in [-0.15, -0.1) is 0 Å². The molecular weight excluding hydrogens is 460 g/mol. The predicted molar refractivity (Wildman–Crippen MR) is 145 cm³/mol. The average molecular weight is 489 g/mol. The van der Waals surface area contributed by atoms with Gasteiger partial charge in [-0.05, 0) is 67.4 Å². The van der Waals surface area contributed by atoms with Gasteiger partial charge in [0.2, 0.25) is 0 Å². The number of hydrogen-bond donors (Lipinski definition) is 3. The number of benzene rings is 1. The molecule has 0 radical (unpaired) electrons. The van der Waals surface area contributed by atoms with Gasteiger partial charge in [-0.1, -0.05) is 18.2 Å². The fraction of sp³-hybridized carbons (Fsp3) is 0.200. The van der Waals surface area contributed by atoms with Crippen molar-refractivity contribution >= 4 is 16.8 Å². The molecule has 7 nitrogen and oxygen atoms in total. The highest BCUT2D eigenvalue weighted by molar-refractivity contribution is 5.97. The first-order valence-corrected chi connectivity index (χ1v) is 12.7. The molecule has 1 amide bonds. The van der Waals surface area contributed by atoms with E-state index in [1.807, 2.05) is 42.7 Å². The molecule has 1 aliphatic rings. The van der Waals surface area contributed by atoms with Crippen molar-refractivity contribution in [1.82, 2.24) is 30.6 Å². The van der Waals surface area contributed by atoms with Crippen LogP contribution in [-0.2, 0) is 19.4 Å². The van der Waals surface area contributed by atoms with Crippen LogP contribution in [0.2, 0.25) is 0 Å². The standard InChI is InChI=1S/C30H28N6O/c37-30-25-17-29(36-27(25)11-15-34-30)20-9-13-33-28(16-20)22-7-8-23(35-19-22)4-3-12-31-18-21-10-14-32-26-6-2-1-5-24(21)26/h1-2,5-10,13-14,16-17,19,31,36H,3-4,11-12,15,18H2,(H,34,37). The number of nitrogens with zero attached hydrogens (tertiary/aromatic N) is 3. The van der Waals surface area contributed by atoms with E-state index in [1.165, 1.54) is 10.9 Å². The Morgan fingerprint density at radius 1 is 0.919 bits per heavy atom. The van der Waals surface area contributed by atoms with Crippen molar-refractivity contribution in [3.8, 4) is 22.5 Å². The van der Waals surface area contributed by atoms with Crippen LogP contribution in [0, 0.1) is 0 Å². The summed E-state index contributed by atoms with van der Waals surface area (Å²) in [6.45, 7) is 2.41. The van der Waals surface area contributed by atoms with Crippen LogP contribution in [0.15, 0.2) is 79.3 Å². The SMILES string of the molecule is O=C1NCCc2[nH]c(-c3ccnc(-c4ccc(CCCNCc5ccnc6ccccc56)nc4)c3)cc21. The molecule has 4 aromatic heterocycles. The molecule has 5 heterocycles. The lowest BCUT2D eigenvalue weighted by molar-refractivity contribution is 0.0946. The Morgan fingerprint density at radius 2 is 1.84 bits per heavy atom. The molecule has 5 aromatic rings. The number of H-pyrrole nitrogens is 1. The van der Waals surface area contributed by atoms with E-state index in [0.717, 1.165) is 77.3 Å². The van der Waals surface area contributed by atoms with E-state index in [0.29, 0.717) is 6.54 Å². The minimum Gasteiger partial charge on any atom is -0.358 e. The first-order valence-electron chi connectivity index (χ1n) is 12.7. The number of amides is 1. The number of carbonyl (C=O) groups excluding carboxylic acids is 1. The lowest BCUT2D eigenvalue weighted by atomic mass is 10.1. The van der Waals surface area contributed by atoms with Gasteiger partial charge >= 0.3 is 0 Å². The number of rotatable bonds is 8. The number of para-hydroxylation sites is 1. The Hall–Kier alpha value is -4.36. The monoisotopic (exact) mass is 488 g/mol. The number of fused-ring (bicyclic) bond motifs is 2. The maximum absolute atomic E-state index is 12.1. The van der Waals surface area contributed by atoms with Crippen LogP contribution in [0.3, 0.4) is 0 Å². The topological polar surface area (TPSA) is 95.6 Å². The van der Waals surface area contributed by atoms with Crippen molar-refractivity contribution in [2.24, 2.45) is 0 Å². The van der Waals surface area contributed by atoms with E-state index in [2.05, 4.69) is 60.9 Å². The molecule has 3 N–H and O–H groups in total. The Morgan fingerprint density at radius 3 is 2.73 bits per heavy atom. The summed E-state index contributed by atoms with van der Waals surface area (Å²) in [5, 5.41) is 7.65. The molecule has 6 rings (SSSR count). The van der Waals surface area contributed by atoms with E-state index in [-0.39, 0.29) is 5.91 Å². The van der Waals surface area contributed by atoms with Crippen LogP contribution in [0.4, 0.5) is 0 Å². The number of pyridine rings is 3. The summed E-state index contributed by atoms with van der Waals surface area (Å²) < 4.78 is 0. The van der Waals surface area contributed by atoms with E-state index in [1.54, 1.807) is 6.20 Å². The van der Waals surface area contributed by atoms with Crippen LogP contribution in [0.25, 0.3) is 33.4 Å². The molecule has 0 fully saturated rings. The van der Waals surface area contributed by atoms with Crippen LogP contribution in [0.5, 0.6) is 0 Å². The van der Waals surface area contributed by atoms with Gasteiger partial charge in [0.05, 0.1) is 16.8 Å². The summed E-state index contributed by atoms with van der Waals surface area (Å²) in [5.74, 6) is -0.0149. The maximum Gasteiger partial charge on any atom is 0.253 e. The van der Waals surface area contributed by atoms with E-state index < -0.39 is 0 Å². The maximum atomic E-state index is 12.1. The number of aromatic amines is 1. The molecule has 0 unspecified atom stereocenters. The van der Waals surface area contributed by atoms with E-state index in [4.69, 9.17) is 0 Å².